The molecule has 1 aromatic heterocycles. The summed E-state index contributed by atoms with van der Waals surface area (Å²) < 4.78 is 28.6. The molecule has 2 aromatic carbocycles. The van der Waals surface area contributed by atoms with Crippen molar-refractivity contribution in [2.75, 3.05) is 6.54 Å². The van der Waals surface area contributed by atoms with Gasteiger partial charge in [0, 0.05) is 28.7 Å². The van der Waals surface area contributed by atoms with Crippen LogP contribution in [0.4, 0.5) is 0 Å². The fourth-order valence-electron chi connectivity index (χ4n) is 3.46. The highest BCUT2D eigenvalue weighted by atomic mass is 32.2. The first-order valence-corrected chi connectivity index (χ1v) is 11.6. The fraction of sp³-hybridized carbons (Fsp3) is 0.227. The van der Waals surface area contributed by atoms with E-state index < -0.39 is 10.0 Å². The van der Waals surface area contributed by atoms with Crippen molar-refractivity contribution in [3.63, 3.8) is 0 Å². The van der Waals surface area contributed by atoms with Gasteiger partial charge in [-0.2, -0.15) is 0 Å². The molecule has 0 bridgehead atoms. The first-order chi connectivity index (χ1) is 13.5. The zero-order valence-electron chi connectivity index (χ0n) is 15.7. The number of aryl methyl sites for hydroxylation is 3. The average Bonchev–Trinajstić information content (AvgIpc) is 2.87. The van der Waals surface area contributed by atoms with Crippen LogP contribution >= 0.6 is 11.8 Å². The molecule has 0 aliphatic carbocycles. The maximum absolute atomic E-state index is 12.9. The number of aromatic nitrogens is 1. The highest BCUT2D eigenvalue weighted by molar-refractivity contribution is 7.99. The third-order valence-electron chi connectivity index (χ3n) is 4.93. The van der Waals surface area contributed by atoms with E-state index in [0.717, 1.165) is 28.9 Å². The van der Waals surface area contributed by atoms with Gasteiger partial charge in [0.15, 0.2) is 0 Å². The second-order valence-electron chi connectivity index (χ2n) is 6.94. The van der Waals surface area contributed by atoms with Crippen LogP contribution < -0.4 is 4.72 Å². The number of rotatable bonds is 5. The van der Waals surface area contributed by atoms with Gasteiger partial charge in [-0.05, 0) is 66.6 Å². The Labute approximate surface area is 170 Å². The predicted molar refractivity (Wildman–Crippen MR) is 112 cm³/mol. The molecule has 1 aliphatic heterocycles. The normalized spacial score (nSPS) is 13.5. The first kappa shape index (κ1) is 19.2. The third-order valence-corrected chi connectivity index (χ3v) is 7.75. The lowest BCUT2D eigenvalue weighted by atomic mass is 10.0. The zero-order valence-corrected chi connectivity index (χ0v) is 17.3. The molecule has 4 nitrogen and oxygen atoms in total. The minimum atomic E-state index is -3.57. The van der Waals surface area contributed by atoms with Crippen LogP contribution in [0, 0.1) is 6.92 Å². The lowest BCUT2D eigenvalue weighted by Gasteiger charge is -2.13. The van der Waals surface area contributed by atoms with Crippen LogP contribution in [0.15, 0.2) is 75.6 Å². The summed E-state index contributed by atoms with van der Waals surface area (Å²) in [5.74, 6) is 0. The molecule has 0 fully saturated rings. The average molecular weight is 411 g/mol. The molecular formula is C22H22N2O2S2. The molecule has 144 valence electrons. The number of pyridine rings is 1. The highest BCUT2D eigenvalue weighted by Crippen LogP contribution is 2.39. The van der Waals surface area contributed by atoms with E-state index in [4.69, 9.17) is 0 Å². The van der Waals surface area contributed by atoms with E-state index in [1.54, 1.807) is 24.2 Å². The zero-order chi connectivity index (χ0) is 19.6. The molecule has 4 rings (SSSR count). The summed E-state index contributed by atoms with van der Waals surface area (Å²) in [5.41, 5.74) is 4.34. The van der Waals surface area contributed by atoms with E-state index in [1.165, 1.54) is 16.0 Å². The standard InChI is InChI=1S/C22H22N2O2S2/c1-16-13-19-9-8-18-6-2-3-7-20(18)27-21(19)14-22(16)28(25,26)24-12-10-17-5-4-11-23-15-17/h2-7,11,13-15,24H,8-10,12H2,1H3. The number of fused-ring (bicyclic) bond motifs is 2. The van der Waals surface area contributed by atoms with Crippen LogP contribution in [0.3, 0.4) is 0 Å². The van der Waals surface area contributed by atoms with Crippen LogP contribution in [0.2, 0.25) is 0 Å². The smallest absolute Gasteiger partial charge is 0.240 e. The molecule has 1 N–H and O–H groups in total. The molecule has 0 saturated heterocycles. The van der Waals surface area contributed by atoms with Gasteiger partial charge in [-0.3, -0.25) is 4.98 Å². The lowest BCUT2D eigenvalue weighted by Crippen LogP contribution is -2.26. The lowest BCUT2D eigenvalue weighted by molar-refractivity contribution is 0.580. The summed E-state index contributed by atoms with van der Waals surface area (Å²) in [5, 5.41) is 0. The summed E-state index contributed by atoms with van der Waals surface area (Å²) in [4.78, 5) is 6.67. The molecule has 0 atom stereocenters. The molecular weight excluding hydrogens is 388 g/mol. The molecule has 6 heteroatoms. The number of hydrogen-bond acceptors (Lipinski definition) is 4. The molecule has 3 aromatic rings. The molecule has 0 unspecified atom stereocenters. The van der Waals surface area contributed by atoms with Gasteiger partial charge in [-0.25, -0.2) is 13.1 Å². The molecule has 0 saturated carbocycles. The largest absolute Gasteiger partial charge is 0.264 e. The third kappa shape index (κ3) is 4.14. The highest BCUT2D eigenvalue weighted by Gasteiger charge is 2.21. The Hall–Kier alpha value is -2.15. The van der Waals surface area contributed by atoms with Gasteiger partial charge in [0.2, 0.25) is 10.0 Å². The topological polar surface area (TPSA) is 59.1 Å². The Morgan fingerprint density at radius 2 is 1.86 bits per heavy atom. The Bertz CT molecular complexity index is 1100. The Morgan fingerprint density at radius 1 is 1.04 bits per heavy atom. The Balaban J connectivity index is 1.57. The summed E-state index contributed by atoms with van der Waals surface area (Å²) >= 11 is 1.66. The van der Waals surface area contributed by atoms with Gasteiger partial charge >= 0.3 is 0 Å². The van der Waals surface area contributed by atoms with Crippen LogP contribution in [0.1, 0.15) is 22.3 Å². The predicted octanol–water partition coefficient (Wildman–Crippen LogP) is 4.16. The fourth-order valence-corrected chi connectivity index (χ4v) is 5.97. The van der Waals surface area contributed by atoms with Gasteiger partial charge < -0.3 is 0 Å². The summed E-state index contributed by atoms with van der Waals surface area (Å²) in [7, 11) is -3.57. The molecule has 28 heavy (non-hydrogen) atoms. The van der Waals surface area contributed by atoms with Crippen LogP contribution in [0.25, 0.3) is 0 Å². The van der Waals surface area contributed by atoms with Crippen LogP contribution in [-0.2, 0) is 29.3 Å². The van der Waals surface area contributed by atoms with Crippen molar-refractivity contribution in [1.29, 1.82) is 0 Å². The van der Waals surface area contributed by atoms with Gasteiger partial charge in [-0.15, -0.1) is 0 Å². The van der Waals surface area contributed by atoms with Crippen molar-refractivity contribution in [2.45, 2.75) is 40.9 Å². The van der Waals surface area contributed by atoms with Crippen LogP contribution in [-0.4, -0.2) is 19.9 Å². The van der Waals surface area contributed by atoms with E-state index in [1.807, 2.05) is 37.3 Å². The van der Waals surface area contributed by atoms with E-state index in [9.17, 15) is 8.42 Å². The van der Waals surface area contributed by atoms with Crippen LogP contribution in [0.5, 0.6) is 0 Å². The number of benzene rings is 2. The molecule has 2 heterocycles. The van der Waals surface area contributed by atoms with Crippen molar-refractivity contribution in [2.24, 2.45) is 0 Å². The Kier molecular flexibility index (Phi) is 5.53. The SMILES string of the molecule is Cc1cc2c(cc1S(=O)(=O)NCCc1cccnc1)Sc1ccccc1CC2. The number of nitrogens with zero attached hydrogens (tertiary/aromatic N) is 1. The van der Waals surface area contributed by atoms with Crippen molar-refractivity contribution in [3.8, 4) is 0 Å². The maximum atomic E-state index is 12.9. The van der Waals surface area contributed by atoms with E-state index in [0.29, 0.717) is 17.9 Å². The summed E-state index contributed by atoms with van der Waals surface area (Å²) in [6.07, 6.45) is 5.98. The van der Waals surface area contributed by atoms with Gasteiger partial charge in [0.05, 0.1) is 4.90 Å². The van der Waals surface area contributed by atoms with E-state index >= 15 is 0 Å². The number of hydrogen-bond donors (Lipinski definition) is 1. The number of nitrogens with one attached hydrogen (secondary N) is 1. The second-order valence-corrected chi connectivity index (χ2v) is 9.76. The molecule has 1 aliphatic rings. The molecule has 0 spiro atoms. The van der Waals surface area contributed by atoms with Crippen molar-refractivity contribution < 1.29 is 8.42 Å². The van der Waals surface area contributed by atoms with Crippen molar-refractivity contribution in [3.05, 3.63) is 83.2 Å². The first-order valence-electron chi connectivity index (χ1n) is 9.31. The van der Waals surface area contributed by atoms with Gasteiger partial charge in [0.1, 0.15) is 0 Å². The monoisotopic (exact) mass is 410 g/mol. The summed E-state index contributed by atoms with van der Waals surface area (Å²) in [6, 6.07) is 16.0. The minimum absolute atomic E-state index is 0.348. The number of sulfonamides is 1. The quantitative estimate of drug-likeness (QED) is 0.686. The summed E-state index contributed by atoms with van der Waals surface area (Å²) in [6.45, 7) is 2.22. The van der Waals surface area contributed by atoms with Gasteiger partial charge in [-0.1, -0.05) is 42.1 Å². The minimum Gasteiger partial charge on any atom is -0.264 e. The molecule has 0 radical (unpaired) electrons. The van der Waals surface area contributed by atoms with Crippen molar-refractivity contribution in [1.82, 2.24) is 9.71 Å². The maximum Gasteiger partial charge on any atom is 0.240 e. The molecule has 0 amide bonds. The Morgan fingerprint density at radius 3 is 2.68 bits per heavy atom. The van der Waals surface area contributed by atoms with Crippen molar-refractivity contribution >= 4 is 21.8 Å². The van der Waals surface area contributed by atoms with Gasteiger partial charge in [0.25, 0.3) is 0 Å². The van der Waals surface area contributed by atoms with E-state index in [2.05, 4.69) is 27.9 Å². The van der Waals surface area contributed by atoms with E-state index in [-0.39, 0.29) is 0 Å². The second kappa shape index (κ2) is 8.07.